The lowest BCUT2D eigenvalue weighted by atomic mass is 10.1. The van der Waals surface area contributed by atoms with Crippen molar-refractivity contribution in [3.8, 4) is 5.75 Å². The molecule has 0 amide bonds. The average Bonchev–Trinajstić information content (AvgIpc) is 2.84. The monoisotopic (exact) mass is 433 g/mol. The second-order valence-electron chi connectivity index (χ2n) is 6.40. The van der Waals surface area contributed by atoms with Crippen LogP contribution in [-0.4, -0.2) is 25.0 Å². The molecule has 4 aromatic rings. The highest BCUT2D eigenvalue weighted by Gasteiger charge is 2.14. The summed E-state index contributed by atoms with van der Waals surface area (Å²) in [5.74, 6) is 1.63. The predicted octanol–water partition coefficient (Wildman–Crippen LogP) is 4.77. The number of aliphatic hydroxyl groups excluding tert-OH is 1. The molecule has 9 heteroatoms. The summed E-state index contributed by atoms with van der Waals surface area (Å²) in [4.78, 5) is 23.3. The molecule has 0 atom stereocenters. The third-order valence-corrected chi connectivity index (χ3v) is 4.40. The Morgan fingerprint density at radius 3 is 2.47 bits per heavy atom. The molecule has 4 rings (SSSR count). The molecular formula is C23H23N5O4. The molecule has 0 radical (unpaired) electrons. The molecule has 0 saturated heterocycles. The van der Waals surface area contributed by atoms with Crippen molar-refractivity contribution in [2.45, 2.75) is 27.1 Å². The fraction of sp³-hybridized carbons (Fsp3) is 0.174. The van der Waals surface area contributed by atoms with Gasteiger partial charge < -0.3 is 15.2 Å². The molecule has 2 aromatic carbocycles. The first-order valence-electron chi connectivity index (χ1n) is 10.1. The van der Waals surface area contributed by atoms with Gasteiger partial charge in [-0.2, -0.15) is 0 Å². The van der Waals surface area contributed by atoms with Crippen molar-refractivity contribution >= 4 is 28.1 Å². The van der Waals surface area contributed by atoms with Crippen LogP contribution in [0.3, 0.4) is 0 Å². The number of aromatic nitrogens is 3. The van der Waals surface area contributed by atoms with Crippen molar-refractivity contribution < 1.29 is 14.8 Å². The van der Waals surface area contributed by atoms with Crippen LogP contribution in [0.4, 0.5) is 17.3 Å². The van der Waals surface area contributed by atoms with Gasteiger partial charge in [-0.3, -0.25) is 15.1 Å². The van der Waals surface area contributed by atoms with Crippen molar-refractivity contribution in [1.29, 1.82) is 0 Å². The Morgan fingerprint density at radius 1 is 1.00 bits per heavy atom. The maximum atomic E-state index is 11.3. The van der Waals surface area contributed by atoms with Gasteiger partial charge in [0.25, 0.3) is 5.69 Å². The maximum Gasteiger partial charge on any atom is 0.277 e. The molecule has 0 saturated carbocycles. The number of hydrogen-bond donors (Lipinski definition) is 2. The number of ether oxygens (including phenoxy) is 1. The summed E-state index contributed by atoms with van der Waals surface area (Å²) in [5, 5.41) is 24.5. The van der Waals surface area contributed by atoms with Crippen LogP contribution in [0.1, 0.15) is 25.1 Å². The highest BCUT2D eigenvalue weighted by Crippen LogP contribution is 2.33. The molecule has 2 N–H and O–H groups in total. The second-order valence-corrected chi connectivity index (χ2v) is 6.40. The minimum Gasteiger partial charge on any atom is -0.488 e. The van der Waals surface area contributed by atoms with Crippen LogP contribution >= 0.6 is 0 Å². The van der Waals surface area contributed by atoms with Gasteiger partial charge in [-0.1, -0.05) is 32.0 Å². The van der Waals surface area contributed by atoms with Crippen molar-refractivity contribution in [3.63, 3.8) is 0 Å². The molecule has 0 fully saturated rings. The van der Waals surface area contributed by atoms with Crippen LogP contribution in [-0.2, 0) is 13.2 Å². The molecule has 32 heavy (non-hydrogen) atoms. The van der Waals surface area contributed by atoms with E-state index in [9.17, 15) is 10.1 Å². The number of anilines is 2. The van der Waals surface area contributed by atoms with E-state index in [1.54, 1.807) is 30.5 Å². The van der Waals surface area contributed by atoms with Crippen molar-refractivity contribution in [2.75, 3.05) is 5.32 Å². The Hall–Kier alpha value is -4.11. The molecule has 164 valence electrons. The maximum absolute atomic E-state index is 11.3. The molecule has 0 aliphatic carbocycles. The Bertz CT molecular complexity index is 1200. The van der Waals surface area contributed by atoms with Gasteiger partial charge in [-0.15, -0.1) is 0 Å². The predicted molar refractivity (Wildman–Crippen MR) is 122 cm³/mol. The third kappa shape index (κ3) is 5.32. The van der Waals surface area contributed by atoms with E-state index in [4.69, 9.17) is 9.84 Å². The molecule has 9 nitrogen and oxygen atoms in total. The minimum atomic E-state index is -0.400. The average molecular weight is 433 g/mol. The molecule has 0 spiro atoms. The van der Waals surface area contributed by atoms with E-state index < -0.39 is 4.92 Å². The van der Waals surface area contributed by atoms with Gasteiger partial charge in [0.05, 0.1) is 35.0 Å². The van der Waals surface area contributed by atoms with Crippen LogP contribution < -0.4 is 10.1 Å². The first kappa shape index (κ1) is 22.6. The van der Waals surface area contributed by atoms with E-state index in [0.717, 1.165) is 5.56 Å². The summed E-state index contributed by atoms with van der Waals surface area (Å²) in [7, 11) is 0. The fourth-order valence-corrected chi connectivity index (χ4v) is 2.97. The van der Waals surface area contributed by atoms with E-state index >= 15 is 0 Å². The van der Waals surface area contributed by atoms with Crippen LogP contribution in [0.5, 0.6) is 5.75 Å². The van der Waals surface area contributed by atoms with E-state index in [1.165, 1.54) is 18.5 Å². The minimum absolute atomic E-state index is 0.0432. The SMILES string of the molecule is CC.O=[N+]([O-])c1ccc(OCc2ccnc(Nc3cnc(CO)cn3)c2)c2ccccc12. The van der Waals surface area contributed by atoms with Gasteiger partial charge >= 0.3 is 0 Å². The van der Waals surface area contributed by atoms with Gasteiger partial charge in [-0.05, 0) is 29.8 Å². The zero-order chi connectivity index (χ0) is 22.9. The number of nitro benzene ring substituents is 1. The van der Waals surface area contributed by atoms with E-state index in [-0.39, 0.29) is 18.9 Å². The lowest BCUT2D eigenvalue weighted by molar-refractivity contribution is -0.383. The summed E-state index contributed by atoms with van der Waals surface area (Å²) >= 11 is 0. The van der Waals surface area contributed by atoms with Crippen LogP contribution in [0, 0.1) is 10.1 Å². The quantitative estimate of drug-likeness (QED) is 0.315. The van der Waals surface area contributed by atoms with Crippen molar-refractivity contribution in [1.82, 2.24) is 15.0 Å². The highest BCUT2D eigenvalue weighted by atomic mass is 16.6. The largest absolute Gasteiger partial charge is 0.488 e. The van der Waals surface area contributed by atoms with Gasteiger partial charge in [0.15, 0.2) is 0 Å². The second kappa shape index (κ2) is 10.8. The molecule has 0 bridgehead atoms. The Balaban J connectivity index is 0.00000141. The summed E-state index contributed by atoms with van der Waals surface area (Å²) < 4.78 is 5.94. The van der Waals surface area contributed by atoms with E-state index in [0.29, 0.717) is 33.9 Å². The zero-order valence-corrected chi connectivity index (χ0v) is 17.7. The molecule has 2 heterocycles. The highest BCUT2D eigenvalue weighted by molar-refractivity contribution is 5.95. The van der Waals surface area contributed by atoms with Crippen LogP contribution in [0.15, 0.2) is 67.1 Å². The summed E-state index contributed by atoms with van der Waals surface area (Å²) in [5.41, 5.74) is 1.38. The number of fused-ring (bicyclic) bond motifs is 1. The lowest BCUT2D eigenvalue weighted by Gasteiger charge is -2.11. The topological polar surface area (TPSA) is 123 Å². The van der Waals surface area contributed by atoms with Crippen LogP contribution in [0.2, 0.25) is 0 Å². The van der Waals surface area contributed by atoms with Crippen LogP contribution in [0.25, 0.3) is 10.8 Å². The van der Waals surface area contributed by atoms with E-state index in [1.807, 2.05) is 32.0 Å². The zero-order valence-electron chi connectivity index (χ0n) is 17.7. The van der Waals surface area contributed by atoms with E-state index in [2.05, 4.69) is 20.3 Å². The molecule has 2 aromatic heterocycles. The number of aliphatic hydroxyl groups is 1. The molecule has 0 aliphatic rings. The molecule has 0 aliphatic heterocycles. The number of hydrogen-bond acceptors (Lipinski definition) is 8. The Kier molecular flexibility index (Phi) is 7.60. The van der Waals surface area contributed by atoms with Gasteiger partial charge in [0, 0.05) is 17.6 Å². The summed E-state index contributed by atoms with van der Waals surface area (Å²) in [6.45, 7) is 4.09. The summed E-state index contributed by atoms with van der Waals surface area (Å²) in [6, 6.07) is 13.8. The van der Waals surface area contributed by atoms with Gasteiger partial charge in [-0.25, -0.2) is 9.97 Å². The summed E-state index contributed by atoms with van der Waals surface area (Å²) in [6.07, 6.45) is 4.64. The smallest absolute Gasteiger partial charge is 0.277 e. The van der Waals surface area contributed by atoms with Crippen molar-refractivity contribution in [3.05, 3.63) is 88.5 Å². The normalized spacial score (nSPS) is 10.2. The van der Waals surface area contributed by atoms with Gasteiger partial charge in [0.1, 0.15) is 24.0 Å². The Morgan fingerprint density at radius 2 is 1.78 bits per heavy atom. The number of nitro groups is 1. The number of non-ortho nitro benzene ring substituents is 1. The third-order valence-electron chi connectivity index (χ3n) is 4.40. The molecular weight excluding hydrogens is 410 g/mol. The standard InChI is InChI=1S/C21H17N5O4.C2H6/c27-12-15-10-24-21(11-23-15)25-20-9-14(7-8-22-20)13-30-19-6-5-18(26(28)29)16-3-1-2-4-17(16)19;1-2/h1-11,27H,12-13H2,(H,22,24,25);1-2H3. The number of nitrogens with zero attached hydrogens (tertiary/aromatic N) is 4. The lowest BCUT2D eigenvalue weighted by Crippen LogP contribution is -2.01. The fourth-order valence-electron chi connectivity index (χ4n) is 2.97. The number of benzene rings is 2. The number of rotatable bonds is 7. The van der Waals surface area contributed by atoms with Gasteiger partial charge in [0.2, 0.25) is 0 Å². The molecule has 0 unspecified atom stereocenters. The Labute approximate surface area is 184 Å². The van der Waals surface area contributed by atoms with Crippen molar-refractivity contribution in [2.24, 2.45) is 0 Å². The number of nitrogens with one attached hydrogen (secondary N) is 1. The first-order chi connectivity index (χ1) is 15.6. The first-order valence-corrected chi connectivity index (χ1v) is 10.1. The number of pyridine rings is 1.